The lowest BCUT2D eigenvalue weighted by atomic mass is 9.75. The normalized spacial score (nSPS) is 12.2. The zero-order valence-electron chi connectivity index (χ0n) is 22.2. The molecule has 3 rings (SSSR count). The van der Waals surface area contributed by atoms with Crippen LogP contribution in [0.4, 0.5) is 0 Å². The van der Waals surface area contributed by atoms with Crippen molar-refractivity contribution >= 4 is 0 Å². The van der Waals surface area contributed by atoms with Crippen LogP contribution in [0.1, 0.15) is 83.9 Å². The molecule has 0 aliphatic heterocycles. The molecule has 2 aromatic carbocycles. The fraction of sp³-hybridized carbons (Fsp3) is 0.469. The van der Waals surface area contributed by atoms with Gasteiger partial charge in [0.2, 0.25) is 0 Å². The molecule has 176 valence electrons. The van der Waals surface area contributed by atoms with Gasteiger partial charge in [0.15, 0.2) is 0 Å². The van der Waals surface area contributed by atoms with Crippen LogP contribution in [0.2, 0.25) is 0 Å². The van der Waals surface area contributed by atoms with Gasteiger partial charge in [-0.3, -0.25) is 4.98 Å². The highest BCUT2D eigenvalue weighted by Gasteiger charge is 2.25. The molecule has 1 aromatic heterocycles. The molecule has 0 atom stereocenters. The van der Waals surface area contributed by atoms with Crippen LogP contribution in [-0.4, -0.2) is 4.98 Å². The fourth-order valence-corrected chi connectivity index (χ4v) is 5.93. The van der Waals surface area contributed by atoms with Gasteiger partial charge >= 0.3 is 0 Å². The summed E-state index contributed by atoms with van der Waals surface area (Å²) in [5.74, 6) is 3.49. The zero-order chi connectivity index (χ0) is 24.3. The molecule has 0 bridgehead atoms. The number of hydrogen-bond acceptors (Lipinski definition) is 1. The number of rotatable bonds is 8. The third-order valence-electron chi connectivity index (χ3n) is 7.13. The monoisotopic (exact) mass is 441 g/mol. The maximum Gasteiger partial charge on any atom is 0.0710 e. The molecule has 0 aliphatic rings. The molecule has 0 fully saturated rings. The van der Waals surface area contributed by atoms with E-state index in [1.807, 2.05) is 6.20 Å². The summed E-state index contributed by atoms with van der Waals surface area (Å²) in [6.45, 7) is 21.1. The van der Waals surface area contributed by atoms with Gasteiger partial charge < -0.3 is 0 Å². The predicted molar refractivity (Wildman–Crippen MR) is 145 cm³/mol. The van der Waals surface area contributed by atoms with Gasteiger partial charge in [-0.05, 0) is 82.4 Å². The standard InChI is InChI=1S/C32H43N/c1-20(2)31(21(3)4)27-16-26(17-28(18-27)32(22(5)6)23(7)8)25-14-15-33-30(19-25)29-13-11-10-12-24(29)9/h10-23,31-32H,1-9H3. The Morgan fingerprint density at radius 3 is 1.58 bits per heavy atom. The van der Waals surface area contributed by atoms with Crippen LogP contribution in [0.15, 0.2) is 60.8 Å². The summed E-state index contributed by atoms with van der Waals surface area (Å²) in [7, 11) is 0. The second kappa shape index (κ2) is 10.7. The van der Waals surface area contributed by atoms with Gasteiger partial charge in [0.1, 0.15) is 0 Å². The van der Waals surface area contributed by atoms with Crippen molar-refractivity contribution in [1.82, 2.24) is 4.98 Å². The highest BCUT2D eigenvalue weighted by molar-refractivity contribution is 5.72. The lowest BCUT2D eigenvalue weighted by Gasteiger charge is -2.30. The minimum absolute atomic E-state index is 0.543. The van der Waals surface area contributed by atoms with Crippen LogP contribution >= 0.6 is 0 Å². The van der Waals surface area contributed by atoms with Gasteiger partial charge in [0.25, 0.3) is 0 Å². The first kappa shape index (κ1) is 25.2. The average Bonchev–Trinajstić information content (AvgIpc) is 2.73. The van der Waals surface area contributed by atoms with Crippen molar-refractivity contribution in [2.45, 2.75) is 74.1 Å². The molecule has 0 saturated carbocycles. The molecule has 0 amide bonds. The van der Waals surface area contributed by atoms with Gasteiger partial charge in [0, 0.05) is 11.8 Å². The van der Waals surface area contributed by atoms with Crippen molar-refractivity contribution in [3.63, 3.8) is 0 Å². The summed E-state index contributed by atoms with van der Waals surface area (Å²) in [5.41, 5.74) is 9.05. The summed E-state index contributed by atoms with van der Waals surface area (Å²) < 4.78 is 0. The summed E-state index contributed by atoms with van der Waals surface area (Å²) in [4.78, 5) is 4.72. The molecule has 0 aliphatic carbocycles. The summed E-state index contributed by atoms with van der Waals surface area (Å²) in [6.07, 6.45) is 1.97. The fourth-order valence-electron chi connectivity index (χ4n) is 5.93. The topological polar surface area (TPSA) is 12.9 Å². The highest BCUT2D eigenvalue weighted by atomic mass is 14.7. The maximum atomic E-state index is 4.72. The van der Waals surface area contributed by atoms with Crippen LogP contribution in [0.3, 0.4) is 0 Å². The number of pyridine rings is 1. The van der Waals surface area contributed by atoms with Gasteiger partial charge in [-0.25, -0.2) is 0 Å². The Balaban J connectivity index is 2.21. The van der Waals surface area contributed by atoms with Crippen molar-refractivity contribution < 1.29 is 0 Å². The molecular formula is C32H43N. The first-order valence-electron chi connectivity index (χ1n) is 12.8. The molecular weight excluding hydrogens is 398 g/mol. The predicted octanol–water partition coefficient (Wildman–Crippen LogP) is 9.52. The second-order valence-electron chi connectivity index (χ2n) is 11.2. The lowest BCUT2D eigenvalue weighted by Crippen LogP contribution is -2.17. The Bertz CT molecular complexity index is 1000. The van der Waals surface area contributed by atoms with Crippen LogP contribution in [-0.2, 0) is 0 Å². The Morgan fingerprint density at radius 2 is 1.09 bits per heavy atom. The summed E-state index contributed by atoms with van der Waals surface area (Å²) in [6, 6.07) is 20.4. The smallest absolute Gasteiger partial charge is 0.0710 e. The Hall–Kier alpha value is -2.41. The molecule has 1 nitrogen and oxygen atoms in total. The number of aryl methyl sites for hydroxylation is 1. The molecule has 0 N–H and O–H groups in total. The molecule has 1 heterocycles. The largest absolute Gasteiger partial charge is 0.256 e. The third kappa shape index (κ3) is 5.75. The Morgan fingerprint density at radius 1 is 0.576 bits per heavy atom. The van der Waals surface area contributed by atoms with Crippen LogP contribution < -0.4 is 0 Å². The van der Waals surface area contributed by atoms with Gasteiger partial charge in [-0.1, -0.05) is 97.9 Å². The molecule has 33 heavy (non-hydrogen) atoms. The van der Waals surface area contributed by atoms with E-state index in [2.05, 4.69) is 117 Å². The third-order valence-corrected chi connectivity index (χ3v) is 7.13. The minimum atomic E-state index is 0.543. The molecule has 0 unspecified atom stereocenters. The van der Waals surface area contributed by atoms with E-state index in [0.717, 1.165) is 5.69 Å². The second-order valence-corrected chi connectivity index (χ2v) is 11.2. The molecule has 3 aromatic rings. The summed E-state index contributed by atoms with van der Waals surface area (Å²) >= 11 is 0. The highest BCUT2D eigenvalue weighted by Crippen LogP contribution is 2.40. The van der Waals surface area contributed by atoms with E-state index in [9.17, 15) is 0 Å². The SMILES string of the molecule is Cc1ccccc1-c1cc(-c2cc(C(C(C)C)C(C)C)cc(C(C(C)C)C(C)C)c2)ccn1. The first-order chi connectivity index (χ1) is 15.6. The van der Waals surface area contributed by atoms with E-state index in [1.54, 1.807) is 0 Å². The van der Waals surface area contributed by atoms with Crippen LogP contribution in [0, 0.1) is 30.6 Å². The van der Waals surface area contributed by atoms with E-state index >= 15 is 0 Å². The first-order valence-corrected chi connectivity index (χ1v) is 12.8. The Kier molecular flexibility index (Phi) is 8.16. The Labute approximate surface area is 202 Å². The van der Waals surface area contributed by atoms with Gasteiger partial charge in [-0.15, -0.1) is 0 Å². The van der Waals surface area contributed by atoms with Crippen molar-refractivity contribution in [1.29, 1.82) is 0 Å². The van der Waals surface area contributed by atoms with Gasteiger partial charge in [-0.2, -0.15) is 0 Å². The number of nitrogens with zero attached hydrogens (tertiary/aromatic N) is 1. The molecule has 0 spiro atoms. The van der Waals surface area contributed by atoms with E-state index in [4.69, 9.17) is 4.98 Å². The quantitative estimate of drug-likeness (QED) is 0.339. The van der Waals surface area contributed by atoms with Crippen LogP contribution in [0.25, 0.3) is 22.4 Å². The number of hydrogen-bond donors (Lipinski definition) is 0. The van der Waals surface area contributed by atoms with E-state index in [0.29, 0.717) is 35.5 Å². The maximum absolute atomic E-state index is 4.72. The molecule has 1 heteroatoms. The zero-order valence-corrected chi connectivity index (χ0v) is 22.2. The lowest BCUT2D eigenvalue weighted by molar-refractivity contribution is 0.378. The van der Waals surface area contributed by atoms with Gasteiger partial charge in [0.05, 0.1) is 5.69 Å². The van der Waals surface area contributed by atoms with E-state index < -0.39 is 0 Å². The number of benzene rings is 2. The van der Waals surface area contributed by atoms with E-state index in [-0.39, 0.29) is 0 Å². The summed E-state index contributed by atoms with van der Waals surface area (Å²) in [5, 5.41) is 0. The minimum Gasteiger partial charge on any atom is -0.256 e. The van der Waals surface area contributed by atoms with Crippen LogP contribution in [0.5, 0.6) is 0 Å². The van der Waals surface area contributed by atoms with Crippen molar-refractivity contribution in [2.24, 2.45) is 23.7 Å². The number of aromatic nitrogens is 1. The molecule has 0 saturated heterocycles. The van der Waals surface area contributed by atoms with Crippen molar-refractivity contribution in [2.75, 3.05) is 0 Å². The van der Waals surface area contributed by atoms with E-state index in [1.165, 1.54) is 33.4 Å². The average molecular weight is 442 g/mol. The van der Waals surface area contributed by atoms with Crippen molar-refractivity contribution in [3.05, 3.63) is 77.5 Å². The molecule has 0 radical (unpaired) electrons. The van der Waals surface area contributed by atoms with Crippen molar-refractivity contribution in [3.8, 4) is 22.4 Å².